The number of carbonyl (C=O) groups excluding carboxylic acids is 2. The molecule has 1 atom stereocenters. The van der Waals surface area contributed by atoms with Gasteiger partial charge in [0.15, 0.2) is 11.5 Å². The number of hydrogen-bond donors (Lipinski definition) is 2. The van der Waals surface area contributed by atoms with Crippen molar-refractivity contribution >= 4 is 12.0 Å². The Bertz CT molecular complexity index is 1040. The van der Waals surface area contributed by atoms with E-state index in [9.17, 15) is 9.59 Å². The zero-order valence-electron chi connectivity index (χ0n) is 20.6. The van der Waals surface area contributed by atoms with Crippen molar-refractivity contribution in [3.05, 3.63) is 70.4 Å². The molecule has 0 aliphatic carbocycles. The van der Waals surface area contributed by atoms with Crippen LogP contribution in [-0.4, -0.2) is 24.7 Å². The molecular weight excluding hydrogens is 432 g/mol. The summed E-state index contributed by atoms with van der Waals surface area (Å²) in [5.74, 6) is 0.692. The van der Waals surface area contributed by atoms with Crippen molar-refractivity contribution in [1.82, 2.24) is 10.6 Å². The second-order valence-corrected chi connectivity index (χ2v) is 8.54. The maximum atomic E-state index is 13.0. The lowest BCUT2D eigenvalue weighted by Gasteiger charge is -2.30. The van der Waals surface area contributed by atoms with Crippen molar-refractivity contribution in [2.45, 2.75) is 66.2 Å². The van der Waals surface area contributed by atoms with Crippen LogP contribution in [0.3, 0.4) is 0 Å². The molecule has 0 fully saturated rings. The minimum absolute atomic E-state index is 0.280. The molecule has 1 aliphatic heterocycles. The van der Waals surface area contributed by atoms with Gasteiger partial charge in [-0.15, -0.1) is 0 Å². The average molecular weight is 467 g/mol. The molecule has 34 heavy (non-hydrogen) atoms. The molecular formula is C27H34N2O5. The van der Waals surface area contributed by atoms with Crippen LogP contribution in [-0.2, 0) is 16.1 Å². The van der Waals surface area contributed by atoms with Gasteiger partial charge in [0.1, 0.15) is 6.61 Å². The Morgan fingerprint density at radius 3 is 2.41 bits per heavy atom. The van der Waals surface area contributed by atoms with Crippen LogP contribution in [0.5, 0.6) is 11.5 Å². The van der Waals surface area contributed by atoms with Crippen molar-refractivity contribution in [1.29, 1.82) is 0 Å². The van der Waals surface area contributed by atoms with Crippen LogP contribution in [0.4, 0.5) is 4.79 Å². The number of carbonyl (C=O) groups is 2. The fourth-order valence-electron chi connectivity index (χ4n) is 3.77. The molecule has 7 heteroatoms. The molecule has 182 valence electrons. The third-order valence-corrected chi connectivity index (χ3v) is 5.33. The van der Waals surface area contributed by atoms with Gasteiger partial charge in [0.25, 0.3) is 0 Å². The first-order valence-corrected chi connectivity index (χ1v) is 11.8. The molecule has 0 saturated heterocycles. The minimum atomic E-state index is -0.660. The van der Waals surface area contributed by atoms with E-state index in [0.29, 0.717) is 48.0 Å². The summed E-state index contributed by atoms with van der Waals surface area (Å²) in [5, 5.41) is 5.66. The van der Waals surface area contributed by atoms with Gasteiger partial charge in [0, 0.05) is 5.70 Å². The summed E-state index contributed by atoms with van der Waals surface area (Å²) in [6.45, 7) is 10.4. The summed E-state index contributed by atoms with van der Waals surface area (Å²) in [7, 11) is 0. The van der Waals surface area contributed by atoms with Gasteiger partial charge in [-0.2, -0.15) is 0 Å². The van der Waals surface area contributed by atoms with Gasteiger partial charge in [-0.3, -0.25) is 0 Å². The van der Waals surface area contributed by atoms with Gasteiger partial charge in [0.05, 0.1) is 24.3 Å². The zero-order chi connectivity index (χ0) is 24.7. The predicted molar refractivity (Wildman–Crippen MR) is 131 cm³/mol. The number of aryl methyl sites for hydroxylation is 1. The molecule has 0 saturated carbocycles. The predicted octanol–water partition coefficient (Wildman–Crippen LogP) is 5.33. The molecule has 2 N–H and O–H groups in total. The van der Waals surface area contributed by atoms with Crippen LogP contribution >= 0.6 is 0 Å². The van der Waals surface area contributed by atoms with Crippen LogP contribution in [0, 0.1) is 6.92 Å². The Morgan fingerprint density at radius 2 is 1.76 bits per heavy atom. The van der Waals surface area contributed by atoms with E-state index >= 15 is 0 Å². The second kappa shape index (κ2) is 11.6. The highest BCUT2D eigenvalue weighted by molar-refractivity contribution is 5.95. The van der Waals surface area contributed by atoms with E-state index < -0.39 is 12.0 Å². The molecule has 1 unspecified atom stereocenters. The maximum absolute atomic E-state index is 13.0. The molecule has 0 bridgehead atoms. The topological polar surface area (TPSA) is 85.9 Å². The first kappa shape index (κ1) is 25.1. The van der Waals surface area contributed by atoms with Crippen LogP contribution in [0.25, 0.3) is 0 Å². The van der Waals surface area contributed by atoms with Crippen LogP contribution < -0.4 is 20.1 Å². The van der Waals surface area contributed by atoms with Crippen molar-refractivity contribution in [3.8, 4) is 11.5 Å². The molecule has 1 aliphatic rings. The van der Waals surface area contributed by atoms with Gasteiger partial charge in [-0.05, 0) is 57.4 Å². The Hall–Kier alpha value is -3.48. The summed E-state index contributed by atoms with van der Waals surface area (Å²) in [6, 6.07) is 12.6. The number of ether oxygens (including phenoxy) is 3. The summed E-state index contributed by atoms with van der Waals surface area (Å²) in [5.41, 5.74) is 3.94. The second-order valence-electron chi connectivity index (χ2n) is 8.54. The molecule has 2 amide bonds. The van der Waals surface area contributed by atoms with E-state index in [4.69, 9.17) is 14.2 Å². The fraction of sp³-hybridized carbons (Fsp3) is 0.407. The highest BCUT2D eigenvalue weighted by Crippen LogP contribution is 2.36. The van der Waals surface area contributed by atoms with Crippen LogP contribution in [0.15, 0.2) is 53.7 Å². The summed E-state index contributed by atoms with van der Waals surface area (Å²) >= 11 is 0. The number of rotatable bonds is 10. The molecule has 2 aromatic rings. The van der Waals surface area contributed by atoms with Crippen molar-refractivity contribution < 1.29 is 23.8 Å². The third kappa shape index (κ3) is 6.31. The lowest BCUT2D eigenvalue weighted by Crippen LogP contribution is -2.46. The SMILES string of the molecule is CCCC1=C(C(=O)OC(C)C)C(c2ccc(OCc3ccc(C)cc3)c(OCC)c2)NC(=O)N1. The van der Waals surface area contributed by atoms with E-state index in [2.05, 4.69) is 10.6 Å². The minimum Gasteiger partial charge on any atom is -0.490 e. The van der Waals surface area contributed by atoms with Crippen molar-refractivity contribution in [2.24, 2.45) is 0 Å². The maximum Gasteiger partial charge on any atom is 0.338 e. The lowest BCUT2D eigenvalue weighted by atomic mass is 9.93. The van der Waals surface area contributed by atoms with Gasteiger partial charge in [0.2, 0.25) is 0 Å². The van der Waals surface area contributed by atoms with E-state index in [1.807, 2.05) is 63.2 Å². The number of benzene rings is 2. The standard InChI is InChI=1S/C27H34N2O5/c1-6-8-21-24(26(30)34-17(3)4)25(29-27(31)28-21)20-13-14-22(23(15-20)32-7-2)33-16-19-11-9-18(5)10-12-19/h9-15,17,25H,6-8,16H2,1-5H3,(H2,28,29,31). The average Bonchev–Trinajstić information content (AvgIpc) is 2.78. The number of esters is 1. The molecule has 0 aromatic heterocycles. The first-order valence-electron chi connectivity index (χ1n) is 11.8. The van der Waals surface area contributed by atoms with E-state index in [1.54, 1.807) is 13.8 Å². The van der Waals surface area contributed by atoms with Crippen molar-refractivity contribution in [2.75, 3.05) is 6.61 Å². The van der Waals surface area contributed by atoms with Gasteiger partial charge < -0.3 is 24.8 Å². The van der Waals surface area contributed by atoms with E-state index in [-0.39, 0.29) is 12.1 Å². The molecule has 1 heterocycles. The largest absolute Gasteiger partial charge is 0.490 e. The Labute approximate surface area is 201 Å². The Balaban J connectivity index is 1.94. The smallest absolute Gasteiger partial charge is 0.338 e. The van der Waals surface area contributed by atoms with E-state index in [0.717, 1.165) is 12.0 Å². The third-order valence-electron chi connectivity index (χ3n) is 5.33. The number of allylic oxidation sites excluding steroid dienone is 1. The zero-order valence-corrected chi connectivity index (χ0v) is 20.6. The lowest BCUT2D eigenvalue weighted by molar-refractivity contribution is -0.143. The number of hydrogen-bond acceptors (Lipinski definition) is 5. The molecule has 2 aromatic carbocycles. The Kier molecular flexibility index (Phi) is 8.57. The number of urea groups is 1. The monoisotopic (exact) mass is 466 g/mol. The quantitative estimate of drug-likeness (QED) is 0.462. The molecule has 0 spiro atoms. The molecule has 0 radical (unpaired) electrons. The highest BCUT2D eigenvalue weighted by atomic mass is 16.5. The fourth-order valence-corrected chi connectivity index (χ4v) is 3.77. The summed E-state index contributed by atoms with van der Waals surface area (Å²) in [4.78, 5) is 25.4. The number of amides is 2. The highest BCUT2D eigenvalue weighted by Gasteiger charge is 2.34. The number of nitrogens with one attached hydrogen (secondary N) is 2. The Morgan fingerprint density at radius 1 is 1.03 bits per heavy atom. The molecule has 3 rings (SSSR count). The van der Waals surface area contributed by atoms with E-state index in [1.165, 1.54) is 5.56 Å². The molecule has 7 nitrogen and oxygen atoms in total. The summed E-state index contributed by atoms with van der Waals surface area (Å²) in [6.07, 6.45) is 1.05. The van der Waals surface area contributed by atoms with Crippen molar-refractivity contribution in [3.63, 3.8) is 0 Å². The summed E-state index contributed by atoms with van der Waals surface area (Å²) < 4.78 is 17.4. The van der Waals surface area contributed by atoms with Gasteiger partial charge >= 0.3 is 12.0 Å². The first-order chi connectivity index (χ1) is 16.3. The van der Waals surface area contributed by atoms with Crippen LogP contribution in [0.2, 0.25) is 0 Å². The van der Waals surface area contributed by atoms with Crippen LogP contribution in [0.1, 0.15) is 63.3 Å². The van der Waals surface area contributed by atoms with Gasteiger partial charge in [-0.25, -0.2) is 9.59 Å². The van der Waals surface area contributed by atoms with Gasteiger partial charge in [-0.1, -0.05) is 49.2 Å². The normalized spacial score (nSPS) is 15.6.